The van der Waals surface area contributed by atoms with Gasteiger partial charge in [-0.25, -0.2) is 27.9 Å². The lowest BCUT2D eigenvalue weighted by Gasteiger charge is -2.34. The largest absolute Gasteiger partial charge is 0.381 e. The molecule has 1 N–H and O–H groups in total. The molecule has 0 saturated carbocycles. The lowest BCUT2D eigenvalue weighted by atomic mass is 9.86. The molecule has 2 atom stereocenters. The molecular weight excluding hydrogens is 430 g/mol. The van der Waals surface area contributed by atoms with E-state index in [9.17, 15) is 18.7 Å². The second-order valence-corrected chi connectivity index (χ2v) is 8.97. The standard InChI is InChI=1S/C23H32F2N6O2/c1-17(2)8-6-4-5-7-11-29-16-28-31(22(29)32)18(3)23(33,13-30-15-26-14-27-30)20-10-9-19(24)12-21(20)25/h9-10,12,14-18,33H,4-8,11,13H2,1-3H3/t18-,23-/m1/s1. The van der Waals surface area contributed by atoms with Crippen LogP contribution in [0.15, 0.2) is 42.0 Å². The lowest BCUT2D eigenvalue weighted by molar-refractivity contribution is -0.0382. The number of aryl methyl sites for hydroxylation is 1. The van der Waals surface area contributed by atoms with Gasteiger partial charge in [-0.05, 0) is 25.3 Å². The third-order valence-corrected chi connectivity index (χ3v) is 6.01. The lowest BCUT2D eigenvalue weighted by Crippen LogP contribution is -2.44. The van der Waals surface area contributed by atoms with E-state index in [0.717, 1.165) is 30.0 Å². The number of benzene rings is 1. The SMILES string of the molecule is CC(C)CCCCCCn1cnn([C@H](C)[C@](O)(Cn2cncn2)c2ccc(F)cc2F)c1=O. The molecule has 0 spiro atoms. The first-order valence-electron chi connectivity index (χ1n) is 11.4. The fourth-order valence-corrected chi connectivity index (χ4v) is 4.00. The van der Waals surface area contributed by atoms with Crippen molar-refractivity contribution in [1.82, 2.24) is 29.1 Å². The number of halogens is 2. The molecule has 0 aliphatic heterocycles. The maximum absolute atomic E-state index is 14.7. The van der Waals surface area contributed by atoms with E-state index in [2.05, 4.69) is 29.0 Å². The Kier molecular flexibility index (Phi) is 8.12. The molecule has 10 heteroatoms. The van der Waals surface area contributed by atoms with E-state index in [1.165, 1.54) is 47.1 Å². The van der Waals surface area contributed by atoms with Crippen LogP contribution in [0.25, 0.3) is 0 Å². The van der Waals surface area contributed by atoms with E-state index in [1.807, 2.05) is 0 Å². The Bertz CT molecular complexity index is 1080. The predicted octanol–water partition coefficient (Wildman–Crippen LogP) is 3.67. The second kappa shape index (κ2) is 10.8. The zero-order valence-electron chi connectivity index (χ0n) is 19.4. The molecule has 0 bridgehead atoms. The highest BCUT2D eigenvalue weighted by atomic mass is 19.1. The van der Waals surface area contributed by atoms with Crippen molar-refractivity contribution in [1.29, 1.82) is 0 Å². The highest BCUT2D eigenvalue weighted by Gasteiger charge is 2.41. The normalized spacial score (nSPS) is 14.5. The monoisotopic (exact) mass is 462 g/mol. The maximum Gasteiger partial charge on any atom is 0.346 e. The van der Waals surface area contributed by atoms with Crippen molar-refractivity contribution in [3.05, 3.63) is 64.9 Å². The molecule has 33 heavy (non-hydrogen) atoms. The van der Waals surface area contributed by atoms with Crippen LogP contribution in [0.5, 0.6) is 0 Å². The summed E-state index contributed by atoms with van der Waals surface area (Å²) in [6.07, 6.45) is 9.42. The minimum absolute atomic E-state index is 0.154. The van der Waals surface area contributed by atoms with Crippen LogP contribution in [0.4, 0.5) is 8.78 Å². The first-order valence-corrected chi connectivity index (χ1v) is 11.4. The molecule has 1 aromatic carbocycles. The number of nitrogens with zero attached hydrogens (tertiary/aromatic N) is 6. The average Bonchev–Trinajstić information content (AvgIpc) is 3.39. The Balaban J connectivity index is 1.80. The molecule has 0 aliphatic carbocycles. The summed E-state index contributed by atoms with van der Waals surface area (Å²) in [6.45, 7) is 6.30. The fraction of sp³-hybridized carbons (Fsp3) is 0.565. The molecule has 8 nitrogen and oxygen atoms in total. The van der Waals surface area contributed by atoms with Crippen LogP contribution in [-0.2, 0) is 18.7 Å². The molecule has 0 fully saturated rings. The van der Waals surface area contributed by atoms with Crippen molar-refractivity contribution in [2.75, 3.05) is 0 Å². The van der Waals surface area contributed by atoms with Crippen LogP contribution in [0.3, 0.4) is 0 Å². The van der Waals surface area contributed by atoms with Crippen LogP contribution in [-0.4, -0.2) is 34.2 Å². The number of unbranched alkanes of at least 4 members (excludes halogenated alkanes) is 3. The summed E-state index contributed by atoms with van der Waals surface area (Å²) in [6, 6.07) is 1.98. The van der Waals surface area contributed by atoms with Crippen molar-refractivity contribution < 1.29 is 13.9 Å². The van der Waals surface area contributed by atoms with Gasteiger partial charge in [0.1, 0.15) is 36.2 Å². The molecule has 0 radical (unpaired) electrons. The Labute approximate surface area is 191 Å². The minimum Gasteiger partial charge on any atom is -0.381 e. The number of aromatic nitrogens is 6. The molecule has 2 heterocycles. The zero-order valence-corrected chi connectivity index (χ0v) is 19.4. The molecule has 3 aromatic rings. The molecule has 0 saturated heterocycles. The van der Waals surface area contributed by atoms with Gasteiger partial charge in [-0.3, -0.25) is 4.57 Å². The van der Waals surface area contributed by atoms with E-state index in [4.69, 9.17) is 0 Å². The summed E-state index contributed by atoms with van der Waals surface area (Å²) in [5.41, 5.74) is -2.49. The van der Waals surface area contributed by atoms with Gasteiger partial charge in [0.15, 0.2) is 0 Å². The minimum atomic E-state index is -1.94. The van der Waals surface area contributed by atoms with Gasteiger partial charge >= 0.3 is 5.69 Å². The number of rotatable bonds is 12. The summed E-state index contributed by atoms with van der Waals surface area (Å²) in [5.74, 6) is -0.991. The highest BCUT2D eigenvalue weighted by molar-refractivity contribution is 5.26. The van der Waals surface area contributed by atoms with Gasteiger partial charge in [0.2, 0.25) is 0 Å². The smallest absolute Gasteiger partial charge is 0.346 e. The topological polar surface area (TPSA) is 90.8 Å². The van der Waals surface area contributed by atoms with Gasteiger partial charge < -0.3 is 5.11 Å². The van der Waals surface area contributed by atoms with Gasteiger partial charge in [0, 0.05) is 18.2 Å². The van der Waals surface area contributed by atoms with E-state index >= 15 is 0 Å². The predicted molar refractivity (Wildman–Crippen MR) is 119 cm³/mol. The Morgan fingerprint density at radius 1 is 1.06 bits per heavy atom. The second-order valence-electron chi connectivity index (χ2n) is 8.97. The van der Waals surface area contributed by atoms with Crippen LogP contribution in [0.2, 0.25) is 0 Å². The molecule has 0 amide bonds. The number of hydrogen-bond donors (Lipinski definition) is 1. The van der Waals surface area contributed by atoms with Crippen LogP contribution in [0, 0.1) is 17.6 Å². The van der Waals surface area contributed by atoms with Gasteiger partial charge in [-0.2, -0.15) is 10.2 Å². The summed E-state index contributed by atoms with van der Waals surface area (Å²) in [7, 11) is 0. The van der Waals surface area contributed by atoms with E-state index in [0.29, 0.717) is 18.5 Å². The molecule has 180 valence electrons. The van der Waals surface area contributed by atoms with E-state index < -0.39 is 29.0 Å². The zero-order chi connectivity index (χ0) is 24.0. The van der Waals surface area contributed by atoms with Gasteiger partial charge in [-0.1, -0.05) is 45.6 Å². The van der Waals surface area contributed by atoms with Crippen LogP contribution >= 0.6 is 0 Å². The fourth-order valence-electron chi connectivity index (χ4n) is 4.00. The van der Waals surface area contributed by atoms with E-state index in [1.54, 1.807) is 6.92 Å². The molecule has 0 unspecified atom stereocenters. The van der Waals surface area contributed by atoms with Crippen LogP contribution in [0.1, 0.15) is 64.5 Å². The van der Waals surface area contributed by atoms with Gasteiger partial charge in [0.25, 0.3) is 0 Å². The Hall–Kier alpha value is -2.88. The third kappa shape index (κ3) is 5.93. The van der Waals surface area contributed by atoms with Gasteiger partial charge in [-0.15, -0.1) is 0 Å². The van der Waals surface area contributed by atoms with Crippen LogP contribution < -0.4 is 5.69 Å². The van der Waals surface area contributed by atoms with Crippen molar-refractivity contribution in [3.63, 3.8) is 0 Å². The van der Waals surface area contributed by atoms with Crippen molar-refractivity contribution in [2.45, 2.75) is 77.6 Å². The summed E-state index contributed by atoms with van der Waals surface area (Å²) in [5, 5.41) is 19.8. The Morgan fingerprint density at radius 3 is 2.48 bits per heavy atom. The molecular formula is C23H32F2N6O2. The maximum atomic E-state index is 14.7. The first kappa shape index (κ1) is 24.8. The van der Waals surface area contributed by atoms with Crippen molar-refractivity contribution in [2.24, 2.45) is 5.92 Å². The van der Waals surface area contributed by atoms with Crippen molar-refractivity contribution >= 4 is 0 Å². The van der Waals surface area contributed by atoms with E-state index in [-0.39, 0.29) is 12.1 Å². The first-order chi connectivity index (χ1) is 15.7. The van der Waals surface area contributed by atoms with Crippen molar-refractivity contribution in [3.8, 4) is 0 Å². The highest BCUT2D eigenvalue weighted by Crippen LogP contribution is 2.35. The molecule has 3 rings (SSSR count). The molecule has 0 aliphatic rings. The summed E-state index contributed by atoms with van der Waals surface area (Å²) in [4.78, 5) is 16.9. The molecule has 2 aromatic heterocycles. The third-order valence-electron chi connectivity index (χ3n) is 6.01. The van der Waals surface area contributed by atoms with Gasteiger partial charge in [0.05, 0.1) is 12.6 Å². The number of hydrogen-bond acceptors (Lipinski definition) is 5. The summed E-state index contributed by atoms with van der Waals surface area (Å²) < 4.78 is 32.2. The number of aliphatic hydroxyl groups is 1. The average molecular weight is 463 g/mol. The Morgan fingerprint density at radius 2 is 1.82 bits per heavy atom. The quantitative estimate of drug-likeness (QED) is 0.415. The summed E-state index contributed by atoms with van der Waals surface area (Å²) >= 11 is 0.